The molecule has 0 heterocycles. The van der Waals surface area contributed by atoms with Crippen molar-refractivity contribution >= 4 is 6.08 Å². The molecule has 0 saturated carbocycles. The highest BCUT2D eigenvalue weighted by Gasteiger charge is 1.95. The fourth-order valence-electron chi connectivity index (χ4n) is 1.74. The lowest BCUT2D eigenvalue weighted by Crippen LogP contribution is -1.92. The first-order valence-electron chi connectivity index (χ1n) is 6.17. The van der Waals surface area contributed by atoms with Crippen molar-refractivity contribution < 1.29 is 4.74 Å². The summed E-state index contributed by atoms with van der Waals surface area (Å²) in [6.45, 7) is 1.14. The van der Waals surface area contributed by atoms with Gasteiger partial charge in [-0.2, -0.15) is 5.26 Å². The van der Waals surface area contributed by atoms with E-state index in [9.17, 15) is 0 Å². The molecule has 2 aromatic rings. The Morgan fingerprint density at radius 1 is 1.00 bits per heavy atom. The second-order valence-electron chi connectivity index (χ2n) is 4.10. The molecule has 94 valence electrons. The predicted octanol–water partition coefficient (Wildman–Crippen LogP) is 3.79. The highest BCUT2D eigenvalue weighted by atomic mass is 16.5. The molecule has 0 atom stereocenters. The Kier molecular flexibility index (Phi) is 4.92. The largest absolute Gasteiger partial charge is 0.373 e. The zero-order chi connectivity index (χ0) is 13.3. The molecule has 0 fully saturated rings. The Labute approximate surface area is 113 Å². The molecule has 0 bridgehead atoms. The number of hydrogen-bond acceptors (Lipinski definition) is 2. The van der Waals surface area contributed by atoms with Crippen molar-refractivity contribution in [2.45, 2.75) is 6.61 Å². The van der Waals surface area contributed by atoms with Crippen molar-refractivity contribution in [3.05, 3.63) is 77.4 Å². The van der Waals surface area contributed by atoms with Crippen LogP contribution in [0.5, 0.6) is 0 Å². The minimum absolute atomic E-state index is 0.536. The molecule has 0 saturated heterocycles. The fourth-order valence-corrected chi connectivity index (χ4v) is 1.74. The van der Waals surface area contributed by atoms with Crippen molar-refractivity contribution in [3.63, 3.8) is 0 Å². The van der Waals surface area contributed by atoms with Gasteiger partial charge < -0.3 is 4.74 Å². The van der Waals surface area contributed by atoms with Gasteiger partial charge in [-0.15, -0.1) is 0 Å². The van der Waals surface area contributed by atoms with Crippen LogP contribution in [0.25, 0.3) is 6.08 Å². The number of benzene rings is 2. The zero-order valence-corrected chi connectivity index (χ0v) is 10.6. The van der Waals surface area contributed by atoms with Gasteiger partial charge in [0.1, 0.15) is 0 Å². The van der Waals surface area contributed by atoms with Crippen molar-refractivity contribution in [2.75, 3.05) is 6.61 Å². The normalized spacial score (nSPS) is 10.5. The van der Waals surface area contributed by atoms with Gasteiger partial charge in [0.05, 0.1) is 24.8 Å². The molecule has 0 aliphatic rings. The van der Waals surface area contributed by atoms with Gasteiger partial charge in [0, 0.05) is 0 Å². The predicted molar refractivity (Wildman–Crippen MR) is 76.3 cm³/mol. The number of hydrogen-bond donors (Lipinski definition) is 0. The molecule has 0 spiro atoms. The van der Waals surface area contributed by atoms with Crippen molar-refractivity contribution in [1.29, 1.82) is 5.26 Å². The molecule has 2 nitrogen and oxygen atoms in total. The molecule has 0 aliphatic heterocycles. The van der Waals surface area contributed by atoms with E-state index in [1.165, 1.54) is 0 Å². The van der Waals surface area contributed by atoms with Crippen molar-refractivity contribution in [2.24, 2.45) is 0 Å². The van der Waals surface area contributed by atoms with Gasteiger partial charge in [-0.25, -0.2) is 0 Å². The van der Waals surface area contributed by atoms with Gasteiger partial charge >= 0.3 is 0 Å². The summed E-state index contributed by atoms with van der Waals surface area (Å²) in [5.74, 6) is 0. The summed E-state index contributed by atoms with van der Waals surface area (Å²) in [6.07, 6.45) is 3.85. The Morgan fingerprint density at radius 2 is 1.74 bits per heavy atom. The first-order chi connectivity index (χ1) is 9.40. The van der Waals surface area contributed by atoms with E-state index in [1.54, 1.807) is 0 Å². The Balaban J connectivity index is 1.83. The zero-order valence-electron chi connectivity index (χ0n) is 10.6. The Bertz CT molecular complexity index is 582. The quantitative estimate of drug-likeness (QED) is 0.755. The summed E-state index contributed by atoms with van der Waals surface area (Å²) in [5.41, 5.74) is 2.77. The third kappa shape index (κ3) is 4.09. The van der Waals surface area contributed by atoms with E-state index in [0.29, 0.717) is 18.8 Å². The third-order valence-corrected chi connectivity index (χ3v) is 2.70. The van der Waals surface area contributed by atoms with Crippen LogP contribution in [0.2, 0.25) is 0 Å². The van der Waals surface area contributed by atoms with Crippen molar-refractivity contribution in [1.82, 2.24) is 0 Å². The summed E-state index contributed by atoms with van der Waals surface area (Å²) < 4.78 is 5.55. The maximum atomic E-state index is 8.95. The molecule has 0 N–H and O–H groups in total. The van der Waals surface area contributed by atoms with Crippen LogP contribution < -0.4 is 0 Å². The van der Waals surface area contributed by atoms with Crippen LogP contribution in [0.1, 0.15) is 16.7 Å². The average Bonchev–Trinajstić information content (AvgIpc) is 2.48. The van der Waals surface area contributed by atoms with E-state index in [0.717, 1.165) is 11.1 Å². The van der Waals surface area contributed by atoms with E-state index in [2.05, 4.69) is 6.07 Å². The lowest BCUT2D eigenvalue weighted by molar-refractivity contribution is 0.149. The molecule has 0 unspecified atom stereocenters. The maximum Gasteiger partial charge on any atom is 0.0997 e. The first kappa shape index (κ1) is 13.1. The summed E-state index contributed by atoms with van der Waals surface area (Å²) >= 11 is 0. The third-order valence-electron chi connectivity index (χ3n) is 2.70. The number of ether oxygens (including phenoxy) is 1. The number of rotatable bonds is 5. The molecular weight excluding hydrogens is 234 g/mol. The van der Waals surface area contributed by atoms with Crippen LogP contribution >= 0.6 is 0 Å². The fraction of sp³-hybridized carbons (Fsp3) is 0.118. The average molecular weight is 249 g/mol. The molecule has 2 aromatic carbocycles. The molecule has 0 amide bonds. The van der Waals surface area contributed by atoms with Gasteiger partial charge in [-0.3, -0.25) is 0 Å². The first-order valence-corrected chi connectivity index (χ1v) is 6.17. The summed E-state index contributed by atoms with van der Waals surface area (Å²) in [4.78, 5) is 0. The molecular formula is C17H15NO. The van der Waals surface area contributed by atoms with Crippen LogP contribution in [0, 0.1) is 11.3 Å². The standard InChI is InChI=1S/C17H15NO/c18-13-17-10-5-4-9-16(17)11-6-12-19-14-15-7-2-1-3-8-15/h1-11H,12,14H2/b11-6+. The minimum Gasteiger partial charge on any atom is -0.373 e. The van der Waals surface area contributed by atoms with Crippen LogP contribution in [0.4, 0.5) is 0 Å². The van der Waals surface area contributed by atoms with Gasteiger partial charge in [-0.05, 0) is 17.2 Å². The van der Waals surface area contributed by atoms with E-state index in [1.807, 2.05) is 66.7 Å². The second-order valence-corrected chi connectivity index (χ2v) is 4.10. The van der Waals surface area contributed by atoms with E-state index in [-0.39, 0.29) is 0 Å². The number of nitriles is 1. The lowest BCUT2D eigenvalue weighted by Gasteiger charge is -2.01. The monoisotopic (exact) mass is 249 g/mol. The summed E-state index contributed by atoms with van der Waals surface area (Å²) in [5, 5.41) is 8.95. The molecule has 0 radical (unpaired) electrons. The molecule has 0 aliphatic carbocycles. The molecule has 2 rings (SSSR count). The number of nitrogens with zero attached hydrogens (tertiary/aromatic N) is 1. The van der Waals surface area contributed by atoms with Gasteiger partial charge in [-0.1, -0.05) is 60.7 Å². The van der Waals surface area contributed by atoms with E-state index in [4.69, 9.17) is 10.00 Å². The van der Waals surface area contributed by atoms with E-state index < -0.39 is 0 Å². The van der Waals surface area contributed by atoms with Crippen LogP contribution in [-0.2, 0) is 11.3 Å². The summed E-state index contributed by atoms with van der Waals surface area (Å²) in [6, 6.07) is 19.7. The van der Waals surface area contributed by atoms with E-state index >= 15 is 0 Å². The molecule has 19 heavy (non-hydrogen) atoms. The minimum atomic E-state index is 0.536. The van der Waals surface area contributed by atoms with Crippen LogP contribution in [0.15, 0.2) is 60.7 Å². The Hall–Kier alpha value is -2.37. The molecule has 2 heteroatoms. The highest BCUT2D eigenvalue weighted by molar-refractivity contribution is 5.57. The smallest absolute Gasteiger partial charge is 0.0997 e. The van der Waals surface area contributed by atoms with Crippen LogP contribution in [-0.4, -0.2) is 6.61 Å². The van der Waals surface area contributed by atoms with Crippen molar-refractivity contribution in [3.8, 4) is 6.07 Å². The lowest BCUT2D eigenvalue weighted by atomic mass is 10.1. The Morgan fingerprint density at radius 3 is 2.53 bits per heavy atom. The second kappa shape index (κ2) is 7.15. The summed E-state index contributed by atoms with van der Waals surface area (Å²) in [7, 11) is 0. The van der Waals surface area contributed by atoms with Gasteiger partial charge in [0.15, 0.2) is 0 Å². The topological polar surface area (TPSA) is 33.0 Å². The maximum absolute atomic E-state index is 8.95. The molecule has 0 aromatic heterocycles. The van der Waals surface area contributed by atoms with Gasteiger partial charge in [0.25, 0.3) is 0 Å². The highest BCUT2D eigenvalue weighted by Crippen LogP contribution is 2.09. The van der Waals surface area contributed by atoms with Crippen LogP contribution in [0.3, 0.4) is 0 Å². The SMILES string of the molecule is N#Cc1ccccc1/C=C/COCc1ccccc1. The van der Waals surface area contributed by atoms with Gasteiger partial charge in [0.2, 0.25) is 0 Å².